The fourth-order valence-corrected chi connectivity index (χ4v) is 3.37. The van der Waals surface area contributed by atoms with Crippen LogP contribution in [0.15, 0.2) is 51.7 Å². The molecule has 0 saturated carbocycles. The van der Waals surface area contributed by atoms with Crippen molar-refractivity contribution < 1.29 is 18.7 Å². The molecule has 2 heterocycles. The van der Waals surface area contributed by atoms with Crippen LogP contribution in [0.3, 0.4) is 0 Å². The number of oxazole rings is 1. The Labute approximate surface area is 154 Å². The highest BCUT2D eigenvalue weighted by molar-refractivity contribution is 6.04. The SMILES string of the molecule is CC1Oc2ccc(C(=O)C(C)n3c(=O)oc4ccccc43)cc2N(C)C1=O. The monoisotopic (exact) mass is 366 g/mol. The Morgan fingerprint density at radius 1 is 1.15 bits per heavy atom. The molecular formula is C20H18N2O5. The lowest BCUT2D eigenvalue weighted by molar-refractivity contribution is -0.125. The van der Waals surface area contributed by atoms with Crippen LogP contribution in [0.1, 0.15) is 30.2 Å². The maximum atomic E-state index is 13.0. The van der Waals surface area contributed by atoms with Crippen LogP contribution >= 0.6 is 0 Å². The van der Waals surface area contributed by atoms with Gasteiger partial charge in [-0.05, 0) is 44.2 Å². The molecule has 3 aromatic rings. The molecule has 2 aromatic carbocycles. The number of likely N-dealkylation sites (N-methyl/N-ethyl adjacent to an activating group) is 1. The van der Waals surface area contributed by atoms with Gasteiger partial charge in [0.15, 0.2) is 17.5 Å². The third-order valence-electron chi connectivity index (χ3n) is 4.87. The van der Waals surface area contributed by atoms with Crippen LogP contribution < -0.4 is 15.4 Å². The molecule has 1 aliphatic rings. The van der Waals surface area contributed by atoms with Crippen LogP contribution in [0.4, 0.5) is 5.69 Å². The van der Waals surface area contributed by atoms with Gasteiger partial charge in [0, 0.05) is 12.6 Å². The molecule has 1 aliphatic heterocycles. The van der Waals surface area contributed by atoms with Gasteiger partial charge in [0.1, 0.15) is 11.8 Å². The molecule has 0 bridgehead atoms. The predicted octanol–water partition coefficient (Wildman–Crippen LogP) is 2.78. The molecule has 0 radical (unpaired) electrons. The second kappa shape index (κ2) is 6.12. The van der Waals surface area contributed by atoms with Crippen LogP contribution in [-0.4, -0.2) is 29.4 Å². The summed E-state index contributed by atoms with van der Waals surface area (Å²) in [5.41, 5.74) is 1.91. The zero-order chi connectivity index (χ0) is 19.3. The van der Waals surface area contributed by atoms with Crippen LogP contribution in [0, 0.1) is 0 Å². The molecule has 0 fully saturated rings. The first-order valence-electron chi connectivity index (χ1n) is 8.61. The second-order valence-corrected chi connectivity index (χ2v) is 6.59. The van der Waals surface area contributed by atoms with Gasteiger partial charge in [-0.25, -0.2) is 4.79 Å². The van der Waals surface area contributed by atoms with E-state index in [9.17, 15) is 14.4 Å². The summed E-state index contributed by atoms with van der Waals surface area (Å²) < 4.78 is 12.1. The molecule has 0 saturated heterocycles. The zero-order valence-corrected chi connectivity index (χ0v) is 15.1. The largest absolute Gasteiger partial charge is 0.479 e. The lowest BCUT2D eigenvalue weighted by Crippen LogP contribution is -2.42. The number of aromatic nitrogens is 1. The third kappa shape index (κ3) is 2.63. The van der Waals surface area contributed by atoms with Crippen molar-refractivity contribution in [1.82, 2.24) is 4.57 Å². The van der Waals surface area contributed by atoms with Gasteiger partial charge in [-0.3, -0.25) is 14.2 Å². The van der Waals surface area contributed by atoms with Crippen LogP contribution in [-0.2, 0) is 4.79 Å². The highest BCUT2D eigenvalue weighted by Gasteiger charge is 2.30. The Bertz CT molecular complexity index is 1130. The van der Waals surface area contributed by atoms with Gasteiger partial charge in [0.25, 0.3) is 5.91 Å². The van der Waals surface area contributed by atoms with E-state index in [2.05, 4.69) is 0 Å². The summed E-state index contributed by atoms with van der Waals surface area (Å²) in [5, 5.41) is 0. The number of rotatable bonds is 3. The maximum Gasteiger partial charge on any atom is 0.420 e. The molecule has 4 rings (SSSR count). The predicted molar refractivity (Wildman–Crippen MR) is 99.5 cm³/mol. The molecule has 1 aromatic heterocycles. The number of ether oxygens (including phenoxy) is 1. The van der Waals surface area contributed by atoms with Gasteiger partial charge in [-0.1, -0.05) is 12.1 Å². The summed E-state index contributed by atoms with van der Waals surface area (Å²) in [4.78, 5) is 38.9. The molecule has 2 atom stereocenters. The molecular weight excluding hydrogens is 348 g/mol. The number of nitrogens with zero attached hydrogens (tertiary/aromatic N) is 2. The van der Waals surface area contributed by atoms with Crippen LogP contribution in [0.2, 0.25) is 0 Å². The van der Waals surface area contributed by atoms with E-state index < -0.39 is 17.9 Å². The van der Waals surface area contributed by atoms with Crippen molar-refractivity contribution in [1.29, 1.82) is 0 Å². The summed E-state index contributed by atoms with van der Waals surface area (Å²) in [6.07, 6.45) is -0.571. The topological polar surface area (TPSA) is 81.8 Å². The number of ketones is 1. The van der Waals surface area contributed by atoms with E-state index in [0.717, 1.165) is 0 Å². The summed E-state index contributed by atoms with van der Waals surface area (Å²) in [6.45, 7) is 3.33. The Balaban J connectivity index is 1.74. The van der Waals surface area contributed by atoms with Gasteiger partial charge in [-0.15, -0.1) is 0 Å². The minimum Gasteiger partial charge on any atom is -0.479 e. The number of hydrogen-bond acceptors (Lipinski definition) is 5. The summed E-state index contributed by atoms with van der Waals surface area (Å²) in [6, 6.07) is 11.1. The fraction of sp³-hybridized carbons (Fsp3) is 0.250. The van der Waals surface area contributed by atoms with Crippen LogP contribution in [0.5, 0.6) is 5.75 Å². The number of anilines is 1. The van der Waals surface area contributed by atoms with Gasteiger partial charge >= 0.3 is 5.76 Å². The molecule has 0 spiro atoms. The molecule has 1 amide bonds. The van der Waals surface area contributed by atoms with E-state index in [1.807, 2.05) is 0 Å². The number of benzene rings is 2. The van der Waals surface area contributed by atoms with E-state index in [1.165, 1.54) is 9.47 Å². The van der Waals surface area contributed by atoms with Crippen molar-refractivity contribution in [3.63, 3.8) is 0 Å². The third-order valence-corrected chi connectivity index (χ3v) is 4.87. The molecule has 138 valence electrons. The smallest absolute Gasteiger partial charge is 0.420 e. The van der Waals surface area contributed by atoms with Gasteiger partial charge in [0.05, 0.1) is 11.2 Å². The zero-order valence-electron chi connectivity index (χ0n) is 15.1. The maximum absolute atomic E-state index is 13.0. The number of amides is 1. The summed E-state index contributed by atoms with van der Waals surface area (Å²) in [5.74, 6) is -0.484. The first-order chi connectivity index (χ1) is 12.9. The molecule has 7 nitrogen and oxygen atoms in total. The second-order valence-electron chi connectivity index (χ2n) is 6.59. The van der Waals surface area contributed by atoms with Gasteiger partial charge in [-0.2, -0.15) is 0 Å². The minimum absolute atomic E-state index is 0.183. The Hall–Kier alpha value is -3.35. The summed E-state index contributed by atoms with van der Waals surface area (Å²) >= 11 is 0. The van der Waals surface area contributed by atoms with Crippen molar-refractivity contribution in [2.75, 3.05) is 11.9 Å². The number of fused-ring (bicyclic) bond motifs is 2. The highest BCUT2D eigenvalue weighted by atomic mass is 16.5. The van der Waals surface area contributed by atoms with E-state index in [1.54, 1.807) is 63.4 Å². The van der Waals surface area contributed by atoms with E-state index in [-0.39, 0.29) is 11.7 Å². The van der Waals surface area contributed by atoms with Crippen molar-refractivity contribution >= 4 is 28.5 Å². The van der Waals surface area contributed by atoms with Crippen molar-refractivity contribution in [3.8, 4) is 5.75 Å². The number of para-hydroxylation sites is 2. The number of hydrogen-bond donors (Lipinski definition) is 0. The lowest BCUT2D eigenvalue weighted by Gasteiger charge is -2.30. The summed E-state index contributed by atoms with van der Waals surface area (Å²) in [7, 11) is 1.64. The van der Waals surface area contributed by atoms with Gasteiger partial charge in [0.2, 0.25) is 0 Å². The number of carbonyl (C=O) groups is 2. The van der Waals surface area contributed by atoms with Crippen molar-refractivity contribution in [2.24, 2.45) is 0 Å². The average Bonchev–Trinajstić information content (AvgIpc) is 3.00. The lowest BCUT2D eigenvalue weighted by atomic mass is 10.0. The molecule has 27 heavy (non-hydrogen) atoms. The van der Waals surface area contributed by atoms with Gasteiger partial charge < -0.3 is 14.1 Å². The number of Topliss-reactive ketones (excluding diaryl/α,β-unsaturated/α-hetero) is 1. The Morgan fingerprint density at radius 3 is 2.67 bits per heavy atom. The van der Waals surface area contributed by atoms with E-state index in [0.29, 0.717) is 28.1 Å². The fourth-order valence-electron chi connectivity index (χ4n) is 3.37. The molecule has 2 unspecified atom stereocenters. The number of carbonyl (C=O) groups excluding carboxylic acids is 2. The standard InChI is InChI=1S/C20H18N2O5/c1-11(22-14-6-4-5-7-16(14)27-20(22)25)18(23)13-8-9-17-15(10-13)21(3)19(24)12(2)26-17/h4-12H,1-3H3. The van der Waals surface area contributed by atoms with Crippen LogP contribution in [0.25, 0.3) is 11.1 Å². The average molecular weight is 366 g/mol. The normalized spacial score (nSPS) is 17.5. The van der Waals surface area contributed by atoms with E-state index in [4.69, 9.17) is 9.15 Å². The molecule has 0 N–H and O–H groups in total. The first-order valence-corrected chi connectivity index (χ1v) is 8.61. The quantitative estimate of drug-likeness (QED) is 0.666. The highest BCUT2D eigenvalue weighted by Crippen LogP contribution is 2.34. The Morgan fingerprint density at radius 2 is 1.89 bits per heavy atom. The minimum atomic E-state index is -0.761. The molecule has 7 heteroatoms. The van der Waals surface area contributed by atoms with Crippen molar-refractivity contribution in [3.05, 3.63) is 58.6 Å². The first kappa shape index (κ1) is 17.1. The molecule has 0 aliphatic carbocycles. The Kier molecular flexibility index (Phi) is 3.87. The van der Waals surface area contributed by atoms with E-state index >= 15 is 0 Å². The van der Waals surface area contributed by atoms with Crippen molar-refractivity contribution in [2.45, 2.75) is 26.0 Å².